The van der Waals surface area contributed by atoms with Gasteiger partial charge in [-0.25, -0.2) is 0 Å². The number of para-hydroxylation sites is 1. The Bertz CT molecular complexity index is 394. The van der Waals surface area contributed by atoms with Crippen molar-refractivity contribution in [3.05, 3.63) is 29.3 Å². The van der Waals surface area contributed by atoms with Crippen LogP contribution in [0.4, 0.5) is 8.78 Å². The van der Waals surface area contributed by atoms with Crippen LogP contribution >= 0.6 is 15.9 Å². The van der Waals surface area contributed by atoms with E-state index in [4.69, 9.17) is 0 Å². The molecule has 94 valence electrons. The van der Waals surface area contributed by atoms with Gasteiger partial charge in [-0.15, -0.1) is 0 Å². The van der Waals surface area contributed by atoms with E-state index >= 15 is 0 Å². The zero-order valence-corrected chi connectivity index (χ0v) is 11.0. The summed E-state index contributed by atoms with van der Waals surface area (Å²) in [6.45, 7) is -1.02. The van der Waals surface area contributed by atoms with Crippen molar-refractivity contribution >= 4 is 21.7 Å². The summed E-state index contributed by atoms with van der Waals surface area (Å²) in [6.07, 6.45) is 0.680. The van der Waals surface area contributed by atoms with Crippen LogP contribution in [-0.2, 0) is 17.6 Å². The van der Waals surface area contributed by atoms with Crippen molar-refractivity contribution in [2.24, 2.45) is 0 Å². The average Bonchev–Trinajstić information content (AvgIpc) is 2.30. The molecule has 0 atom stereocenters. The molecular weight excluding hydrogens is 294 g/mol. The van der Waals surface area contributed by atoms with E-state index < -0.39 is 6.61 Å². The molecule has 0 radical (unpaired) electrons. The summed E-state index contributed by atoms with van der Waals surface area (Å²) in [6, 6.07) is 5.10. The number of ether oxygens (including phenoxy) is 1. The first kappa shape index (κ1) is 14.1. The van der Waals surface area contributed by atoms with E-state index in [1.165, 1.54) is 0 Å². The molecular formula is C12H13BrF2O2. The number of hydrogen-bond donors (Lipinski definition) is 0. The maximum atomic E-state index is 12.3. The Morgan fingerprint density at radius 1 is 1.41 bits per heavy atom. The molecule has 1 rings (SSSR count). The third kappa shape index (κ3) is 4.07. The lowest BCUT2D eigenvalue weighted by atomic mass is 10.0. The Balaban J connectivity index is 3.05. The Morgan fingerprint density at radius 3 is 2.59 bits per heavy atom. The fourth-order valence-corrected chi connectivity index (χ4v) is 1.75. The fraction of sp³-hybridized carbons (Fsp3) is 0.417. The summed E-state index contributed by atoms with van der Waals surface area (Å²) in [5.41, 5.74) is 1.19. The number of rotatable bonds is 6. The Kier molecular flexibility index (Phi) is 5.55. The van der Waals surface area contributed by atoms with Crippen molar-refractivity contribution in [2.75, 3.05) is 5.33 Å². The van der Waals surface area contributed by atoms with Gasteiger partial charge in [0.15, 0.2) is 0 Å². The standard InChI is InChI=1S/C12H13BrF2O2/c1-2-8-4-3-5-9(6-10(16)7-13)11(8)17-12(14)15/h3-5,12H,2,6-7H2,1H3. The van der Waals surface area contributed by atoms with E-state index in [0.29, 0.717) is 17.5 Å². The summed E-state index contributed by atoms with van der Waals surface area (Å²) < 4.78 is 29.2. The maximum Gasteiger partial charge on any atom is 0.387 e. The Hall–Kier alpha value is -0.970. The molecule has 0 aliphatic rings. The number of carbonyl (C=O) groups is 1. The number of carbonyl (C=O) groups excluding carboxylic acids is 1. The first-order chi connectivity index (χ1) is 8.08. The number of aryl methyl sites for hydroxylation is 1. The van der Waals surface area contributed by atoms with Crippen LogP contribution in [-0.4, -0.2) is 17.7 Å². The SMILES string of the molecule is CCc1cccc(CC(=O)CBr)c1OC(F)F. The molecule has 0 unspecified atom stereocenters. The summed E-state index contributed by atoms with van der Waals surface area (Å²) in [4.78, 5) is 11.3. The van der Waals surface area contributed by atoms with Crippen LogP contribution in [0.1, 0.15) is 18.1 Å². The van der Waals surface area contributed by atoms with Gasteiger partial charge in [0.1, 0.15) is 11.5 Å². The topological polar surface area (TPSA) is 26.3 Å². The lowest BCUT2D eigenvalue weighted by Crippen LogP contribution is -2.10. The number of hydrogen-bond acceptors (Lipinski definition) is 2. The zero-order chi connectivity index (χ0) is 12.8. The summed E-state index contributed by atoms with van der Waals surface area (Å²) in [7, 11) is 0. The van der Waals surface area contributed by atoms with Crippen LogP contribution in [0.5, 0.6) is 5.75 Å². The Morgan fingerprint density at radius 2 is 2.06 bits per heavy atom. The molecule has 0 aliphatic carbocycles. The minimum absolute atomic E-state index is 0.0719. The third-order valence-corrected chi connectivity index (χ3v) is 2.93. The fourth-order valence-electron chi connectivity index (χ4n) is 1.56. The first-order valence-electron chi connectivity index (χ1n) is 5.21. The highest BCUT2D eigenvalue weighted by Crippen LogP contribution is 2.27. The van der Waals surface area contributed by atoms with E-state index in [2.05, 4.69) is 20.7 Å². The molecule has 0 aromatic heterocycles. The van der Waals surface area contributed by atoms with Gasteiger partial charge in [0.2, 0.25) is 0 Å². The average molecular weight is 307 g/mol. The second-order valence-electron chi connectivity index (χ2n) is 3.49. The molecule has 2 nitrogen and oxygen atoms in total. The second-order valence-corrected chi connectivity index (χ2v) is 4.05. The lowest BCUT2D eigenvalue weighted by molar-refractivity contribution is -0.116. The number of halogens is 3. The molecule has 0 saturated heterocycles. The molecule has 0 spiro atoms. The van der Waals surface area contributed by atoms with Crippen molar-refractivity contribution in [3.63, 3.8) is 0 Å². The smallest absolute Gasteiger partial charge is 0.387 e. The van der Waals surface area contributed by atoms with Crippen molar-refractivity contribution in [1.82, 2.24) is 0 Å². The molecule has 17 heavy (non-hydrogen) atoms. The van der Waals surface area contributed by atoms with Crippen molar-refractivity contribution in [1.29, 1.82) is 0 Å². The summed E-state index contributed by atoms with van der Waals surface area (Å²) >= 11 is 3.04. The molecule has 0 heterocycles. The minimum atomic E-state index is -2.87. The number of Topliss-reactive ketones (excluding diaryl/α,β-unsaturated/α-hetero) is 1. The molecule has 5 heteroatoms. The maximum absolute atomic E-state index is 12.3. The van der Waals surface area contributed by atoms with Crippen LogP contribution in [0.25, 0.3) is 0 Å². The molecule has 0 amide bonds. The molecule has 1 aromatic rings. The second kappa shape index (κ2) is 6.69. The highest BCUT2D eigenvalue weighted by atomic mass is 79.9. The Labute approximate surface area is 107 Å². The molecule has 1 aromatic carbocycles. The van der Waals surface area contributed by atoms with E-state index in [9.17, 15) is 13.6 Å². The highest BCUT2D eigenvalue weighted by molar-refractivity contribution is 9.09. The van der Waals surface area contributed by atoms with Gasteiger partial charge < -0.3 is 4.74 Å². The number of benzene rings is 1. The van der Waals surface area contributed by atoms with Gasteiger partial charge in [-0.2, -0.15) is 8.78 Å². The van der Waals surface area contributed by atoms with Crippen LogP contribution in [0.2, 0.25) is 0 Å². The molecule has 0 saturated carbocycles. The number of ketones is 1. The predicted octanol–water partition coefficient (Wildman–Crippen LogP) is 3.36. The quantitative estimate of drug-likeness (QED) is 0.753. The molecule has 0 fully saturated rings. The van der Waals surface area contributed by atoms with Gasteiger partial charge in [0.05, 0.1) is 5.33 Å². The van der Waals surface area contributed by atoms with Crippen molar-refractivity contribution in [2.45, 2.75) is 26.4 Å². The highest BCUT2D eigenvalue weighted by Gasteiger charge is 2.15. The van der Waals surface area contributed by atoms with Gasteiger partial charge >= 0.3 is 6.61 Å². The number of alkyl halides is 3. The van der Waals surface area contributed by atoms with Crippen LogP contribution in [0.15, 0.2) is 18.2 Å². The zero-order valence-electron chi connectivity index (χ0n) is 9.38. The van der Waals surface area contributed by atoms with Crippen molar-refractivity contribution in [3.8, 4) is 5.75 Å². The monoisotopic (exact) mass is 306 g/mol. The first-order valence-corrected chi connectivity index (χ1v) is 6.33. The largest absolute Gasteiger partial charge is 0.434 e. The van der Waals surface area contributed by atoms with Gasteiger partial charge in [-0.1, -0.05) is 41.1 Å². The van der Waals surface area contributed by atoms with Gasteiger partial charge in [0, 0.05) is 12.0 Å². The van der Waals surface area contributed by atoms with Crippen LogP contribution < -0.4 is 4.74 Å². The molecule has 0 bridgehead atoms. The molecule has 0 N–H and O–H groups in total. The molecule has 0 aliphatic heterocycles. The van der Waals surface area contributed by atoms with Crippen LogP contribution in [0.3, 0.4) is 0 Å². The van der Waals surface area contributed by atoms with E-state index in [0.717, 1.165) is 0 Å². The van der Waals surface area contributed by atoms with Crippen molar-refractivity contribution < 1.29 is 18.3 Å². The summed E-state index contributed by atoms with van der Waals surface area (Å²) in [5.74, 6) is 0.0664. The minimum Gasteiger partial charge on any atom is -0.434 e. The van der Waals surface area contributed by atoms with E-state index in [1.54, 1.807) is 18.2 Å². The summed E-state index contributed by atoms with van der Waals surface area (Å²) in [5, 5.41) is 0.206. The van der Waals surface area contributed by atoms with E-state index in [-0.39, 0.29) is 23.3 Å². The van der Waals surface area contributed by atoms with Crippen LogP contribution in [0, 0.1) is 0 Å². The lowest BCUT2D eigenvalue weighted by Gasteiger charge is -2.13. The van der Waals surface area contributed by atoms with Gasteiger partial charge in [-0.3, -0.25) is 4.79 Å². The van der Waals surface area contributed by atoms with E-state index in [1.807, 2.05) is 6.92 Å². The predicted molar refractivity (Wildman–Crippen MR) is 65.0 cm³/mol. The van der Waals surface area contributed by atoms with Gasteiger partial charge in [-0.05, 0) is 12.0 Å². The third-order valence-electron chi connectivity index (χ3n) is 2.30. The normalized spacial score (nSPS) is 10.6. The van der Waals surface area contributed by atoms with Gasteiger partial charge in [0.25, 0.3) is 0 Å².